The van der Waals surface area contributed by atoms with Crippen molar-refractivity contribution in [1.82, 2.24) is 9.80 Å². The van der Waals surface area contributed by atoms with Gasteiger partial charge in [-0.25, -0.2) is 0 Å². The minimum absolute atomic E-state index is 0.00931. The average molecular weight is 362 g/mol. The summed E-state index contributed by atoms with van der Waals surface area (Å²) in [5, 5.41) is 10.1. The molecule has 26 heavy (non-hydrogen) atoms. The van der Waals surface area contributed by atoms with Crippen molar-refractivity contribution in [2.75, 3.05) is 39.4 Å². The minimum Gasteiger partial charge on any atom is -0.465 e. The predicted molar refractivity (Wildman–Crippen MR) is 93.4 cm³/mol. The lowest BCUT2D eigenvalue weighted by Gasteiger charge is -2.28. The van der Waals surface area contributed by atoms with Gasteiger partial charge in [-0.05, 0) is 19.8 Å². The van der Waals surface area contributed by atoms with Gasteiger partial charge in [-0.1, -0.05) is 0 Å². The lowest BCUT2D eigenvalue weighted by atomic mass is 9.93. The summed E-state index contributed by atoms with van der Waals surface area (Å²) in [6.45, 7) is 5.45. The minimum atomic E-state index is -0.460. The first-order valence-corrected chi connectivity index (χ1v) is 9.51. The second kappa shape index (κ2) is 7.13. The number of ether oxygens (including phenoxy) is 1. The Hall–Kier alpha value is -1.70. The van der Waals surface area contributed by atoms with Crippen LogP contribution in [0.4, 0.5) is 0 Å². The second-order valence-electron chi connectivity index (χ2n) is 7.46. The molecule has 7 heteroatoms. The fourth-order valence-electron chi connectivity index (χ4n) is 4.38. The molecule has 0 aromatic carbocycles. The molecule has 0 unspecified atom stereocenters. The molecule has 0 radical (unpaired) electrons. The van der Waals surface area contributed by atoms with Gasteiger partial charge in [-0.2, -0.15) is 0 Å². The summed E-state index contributed by atoms with van der Waals surface area (Å²) < 4.78 is 11.1. The molecule has 3 heterocycles. The van der Waals surface area contributed by atoms with Gasteiger partial charge in [0.2, 0.25) is 0 Å². The van der Waals surface area contributed by atoms with E-state index in [2.05, 4.69) is 4.90 Å². The summed E-state index contributed by atoms with van der Waals surface area (Å²) in [6.07, 6.45) is 2.37. The Labute approximate surface area is 152 Å². The van der Waals surface area contributed by atoms with Crippen LogP contribution in [0.5, 0.6) is 0 Å². The number of ketones is 1. The first-order valence-electron chi connectivity index (χ1n) is 9.51. The van der Waals surface area contributed by atoms with Crippen molar-refractivity contribution >= 4 is 11.7 Å². The van der Waals surface area contributed by atoms with Gasteiger partial charge in [0.1, 0.15) is 11.5 Å². The molecule has 1 aromatic rings. The Morgan fingerprint density at radius 2 is 1.96 bits per heavy atom. The first-order chi connectivity index (χ1) is 12.6. The van der Waals surface area contributed by atoms with Gasteiger partial charge in [0, 0.05) is 39.0 Å². The van der Waals surface area contributed by atoms with Gasteiger partial charge < -0.3 is 19.2 Å². The second-order valence-corrected chi connectivity index (χ2v) is 7.46. The predicted octanol–water partition coefficient (Wildman–Crippen LogP) is 1.01. The number of Topliss-reactive ketones (excluding diaryl/α,β-unsaturated/α-hetero) is 1. The van der Waals surface area contributed by atoms with Crippen LogP contribution in [-0.2, 0) is 11.2 Å². The van der Waals surface area contributed by atoms with E-state index in [1.807, 2.05) is 4.90 Å². The quantitative estimate of drug-likeness (QED) is 0.846. The molecular weight excluding hydrogens is 336 g/mol. The monoisotopic (exact) mass is 362 g/mol. The topological polar surface area (TPSA) is 83.2 Å². The van der Waals surface area contributed by atoms with E-state index in [1.165, 1.54) is 0 Å². The fraction of sp³-hybridized carbons (Fsp3) is 0.684. The third-order valence-corrected chi connectivity index (χ3v) is 5.77. The molecule has 0 saturated carbocycles. The molecular formula is C19H26N2O5. The smallest absolute Gasteiger partial charge is 0.258 e. The highest BCUT2D eigenvalue weighted by Crippen LogP contribution is 2.30. The van der Waals surface area contributed by atoms with Crippen LogP contribution in [0.3, 0.4) is 0 Å². The van der Waals surface area contributed by atoms with E-state index >= 15 is 0 Å². The summed E-state index contributed by atoms with van der Waals surface area (Å²) in [5.41, 5.74) is 0.974. The van der Waals surface area contributed by atoms with Crippen LogP contribution in [0.25, 0.3) is 0 Å². The van der Waals surface area contributed by atoms with Crippen LogP contribution in [-0.4, -0.2) is 78.1 Å². The maximum Gasteiger partial charge on any atom is 0.258 e. The Bertz CT molecular complexity index is 713. The summed E-state index contributed by atoms with van der Waals surface area (Å²) >= 11 is 0. The molecule has 0 bridgehead atoms. The maximum atomic E-state index is 13.2. The molecule has 0 spiro atoms. The van der Waals surface area contributed by atoms with Crippen molar-refractivity contribution in [3.8, 4) is 0 Å². The Morgan fingerprint density at radius 3 is 2.73 bits per heavy atom. The number of aliphatic hydroxyl groups is 1. The van der Waals surface area contributed by atoms with E-state index in [4.69, 9.17) is 9.15 Å². The molecule has 4 rings (SSSR count). The van der Waals surface area contributed by atoms with Crippen molar-refractivity contribution in [2.45, 2.75) is 44.8 Å². The van der Waals surface area contributed by atoms with E-state index in [9.17, 15) is 14.7 Å². The van der Waals surface area contributed by atoms with Gasteiger partial charge in [-0.15, -0.1) is 0 Å². The van der Waals surface area contributed by atoms with E-state index in [0.29, 0.717) is 61.9 Å². The van der Waals surface area contributed by atoms with Crippen molar-refractivity contribution < 1.29 is 23.8 Å². The lowest BCUT2D eigenvalue weighted by molar-refractivity contribution is 0.0719. The highest BCUT2D eigenvalue weighted by Gasteiger charge is 2.35. The molecule has 1 aromatic heterocycles. The Balaban J connectivity index is 1.51. The number of hydrogen-bond acceptors (Lipinski definition) is 6. The highest BCUT2D eigenvalue weighted by atomic mass is 16.5. The molecule has 2 atom stereocenters. The first kappa shape index (κ1) is 17.7. The largest absolute Gasteiger partial charge is 0.465 e. The van der Waals surface area contributed by atoms with E-state index in [1.54, 1.807) is 6.92 Å². The average Bonchev–Trinajstić information content (AvgIpc) is 3.09. The van der Waals surface area contributed by atoms with Gasteiger partial charge in [0.05, 0.1) is 36.5 Å². The van der Waals surface area contributed by atoms with Crippen LogP contribution < -0.4 is 0 Å². The number of carbonyl (C=O) groups is 2. The third-order valence-electron chi connectivity index (χ3n) is 5.77. The van der Waals surface area contributed by atoms with Crippen LogP contribution in [0.1, 0.15) is 51.5 Å². The SMILES string of the molecule is Cc1oc2c(c1C(=O)N1CCCN([C@H]3COC[C@@H]3O)CC1)C(=O)CCC2. The van der Waals surface area contributed by atoms with Gasteiger partial charge in [0.25, 0.3) is 5.91 Å². The fourth-order valence-corrected chi connectivity index (χ4v) is 4.38. The zero-order chi connectivity index (χ0) is 18.3. The Kier molecular flexibility index (Phi) is 4.86. The number of amides is 1. The number of rotatable bonds is 2. The molecule has 1 amide bonds. The van der Waals surface area contributed by atoms with Gasteiger partial charge in [-0.3, -0.25) is 14.5 Å². The van der Waals surface area contributed by atoms with Crippen molar-refractivity contribution in [3.63, 3.8) is 0 Å². The van der Waals surface area contributed by atoms with Crippen LogP contribution >= 0.6 is 0 Å². The van der Waals surface area contributed by atoms with Crippen molar-refractivity contribution in [2.24, 2.45) is 0 Å². The highest BCUT2D eigenvalue weighted by molar-refractivity contribution is 6.10. The van der Waals surface area contributed by atoms with Crippen LogP contribution in [0.2, 0.25) is 0 Å². The Morgan fingerprint density at radius 1 is 1.12 bits per heavy atom. The number of hydrogen-bond donors (Lipinski definition) is 1. The third kappa shape index (κ3) is 3.08. The molecule has 1 aliphatic carbocycles. The number of nitrogens with zero attached hydrogens (tertiary/aromatic N) is 2. The summed E-state index contributed by atoms with van der Waals surface area (Å²) in [7, 11) is 0. The van der Waals surface area contributed by atoms with Gasteiger partial charge in [0.15, 0.2) is 5.78 Å². The maximum absolute atomic E-state index is 13.2. The molecule has 2 aliphatic heterocycles. The van der Waals surface area contributed by atoms with Crippen molar-refractivity contribution in [1.29, 1.82) is 0 Å². The van der Waals surface area contributed by atoms with Crippen LogP contribution in [0.15, 0.2) is 4.42 Å². The summed E-state index contributed by atoms with van der Waals surface area (Å²) in [4.78, 5) is 29.6. The molecule has 1 N–H and O–H groups in total. The standard InChI is InChI=1S/C19H26N2O5/c1-12-17(18-14(22)4-2-5-16(18)26-12)19(24)21-7-3-6-20(8-9-21)13-10-25-11-15(13)23/h13,15,23H,2-11H2,1H3/t13-,15-/m0/s1. The van der Waals surface area contributed by atoms with Crippen molar-refractivity contribution in [3.05, 3.63) is 22.6 Å². The molecule has 2 saturated heterocycles. The molecule has 3 aliphatic rings. The number of carbonyl (C=O) groups excluding carboxylic acids is 2. The molecule has 142 valence electrons. The number of furan rings is 1. The van der Waals surface area contributed by atoms with E-state index in [-0.39, 0.29) is 17.7 Å². The van der Waals surface area contributed by atoms with E-state index < -0.39 is 6.10 Å². The lowest BCUT2D eigenvalue weighted by Crippen LogP contribution is -2.45. The number of aliphatic hydroxyl groups excluding tert-OH is 1. The zero-order valence-electron chi connectivity index (χ0n) is 15.2. The molecule has 2 fully saturated rings. The number of aryl methyl sites for hydroxylation is 2. The van der Waals surface area contributed by atoms with E-state index in [0.717, 1.165) is 25.8 Å². The molecule has 7 nitrogen and oxygen atoms in total. The zero-order valence-corrected chi connectivity index (χ0v) is 15.2. The summed E-state index contributed by atoms with van der Waals surface area (Å²) in [5.74, 6) is 1.14. The number of fused-ring (bicyclic) bond motifs is 1. The normalized spacial score (nSPS) is 27.5. The summed E-state index contributed by atoms with van der Waals surface area (Å²) in [6, 6.07) is 0.00931. The van der Waals surface area contributed by atoms with Gasteiger partial charge >= 0.3 is 0 Å². The van der Waals surface area contributed by atoms with Crippen LogP contribution in [0, 0.1) is 6.92 Å².